The molecule has 1 unspecified atom stereocenters. The molecule has 2 N–H and O–H groups in total. The molecule has 0 saturated carbocycles. The van der Waals surface area contributed by atoms with Gasteiger partial charge in [-0.1, -0.05) is 41.5 Å². The number of rotatable bonds is 1. The fourth-order valence-electron chi connectivity index (χ4n) is 0.894. The summed E-state index contributed by atoms with van der Waals surface area (Å²) in [5.74, 6) is 0. The molecule has 0 radical (unpaired) electrons. The summed E-state index contributed by atoms with van der Waals surface area (Å²) >= 11 is 1.44. The quantitative estimate of drug-likeness (QED) is 0.640. The van der Waals surface area contributed by atoms with E-state index in [4.69, 9.17) is 5.73 Å². The molecule has 0 heterocycles. The predicted molar refractivity (Wildman–Crippen MR) is 89.8 cm³/mol. The van der Waals surface area contributed by atoms with E-state index in [1.165, 1.54) is 31.7 Å². The van der Waals surface area contributed by atoms with E-state index in [1.807, 2.05) is 13.0 Å². The van der Waals surface area contributed by atoms with Crippen molar-refractivity contribution in [3.8, 4) is 0 Å². The molecule has 1 rings (SSSR count). The van der Waals surface area contributed by atoms with Crippen LogP contribution in [-0.4, -0.2) is 40.8 Å². The van der Waals surface area contributed by atoms with Crippen LogP contribution >= 0.6 is 0 Å². The van der Waals surface area contributed by atoms with Crippen molar-refractivity contribution >= 4 is 26.1 Å². The van der Waals surface area contributed by atoms with E-state index >= 15 is 0 Å². The van der Waals surface area contributed by atoms with E-state index in [1.54, 1.807) is 41.5 Å². The van der Waals surface area contributed by atoms with Crippen molar-refractivity contribution in [1.29, 1.82) is 0 Å². The third-order valence-electron chi connectivity index (χ3n) is 1.45. The van der Waals surface area contributed by atoms with Crippen molar-refractivity contribution in [1.82, 2.24) is 0 Å². The molecule has 0 amide bonds. The average molecular weight is 416 g/mol. The maximum absolute atomic E-state index is 9.53. The molecule has 1 aromatic carbocycles. The van der Waals surface area contributed by atoms with Gasteiger partial charge in [-0.05, 0) is 0 Å². The number of hydrogen-bond donors (Lipinski definition) is 1. The van der Waals surface area contributed by atoms with Crippen molar-refractivity contribution in [3.63, 3.8) is 0 Å². The fourth-order valence-corrected chi connectivity index (χ4v) is 2.06. The van der Waals surface area contributed by atoms with Crippen molar-refractivity contribution in [2.24, 2.45) is 5.73 Å². The van der Waals surface area contributed by atoms with Crippen LogP contribution in [0.5, 0.6) is 0 Å². The van der Waals surface area contributed by atoms with E-state index in [0.717, 1.165) is 0 Å². The fraction of sp³-hybridized carbons (Fsp3) is 0.647. The standard InChI is InChI=1S/C8H10N.3C3H7O.Sn/c1-7(9)8-5-3-2-4-6-8;3*1-3(2)4;/h2-5,7H,9H2,1H3;3*3H,1-2H3;/q;3*-1;+3. The van der Waals surface area contributed by atoms with Gasteiger partial charge in [0.2, 0.25) is 0 Å². The number of benzene rings is 1. The Morgan fingerprint density at radius 1 is 0.773 bits per heavy atom. The predicted octanol–water partition coefficient (Wildman–Crippen LogP) is -0.235. The van der Waals surface area contributed by atoms with Crippen LogP contribution < -0.4 is 24.6 Å². The van der Waals surface area contributed by atoms with Gasteiger partial charge in [0, 0.05) is 0 Å². The normalized spacial score (nSPS) is 10.9. The van der Waals surface area contributed by atoms with Gasteiger partial charge in [0.1, 0.15) is 0 Å². The van der Waals surface area contributed by atoms with Gasteiger partial charge in [-0.3, -0.25) is 0 Å². The van der Waals surface area contributed by atoms with Crippen LogP contribution in [0.25, 0.3) is 0 Å². The second kappa shape index (κ2) is 17.2. The Kier molecular flexibility index (Phi) is 20.9. The molecule has 0 aromatic heterocycles. The Balaban J connectivity index is -0.000000253. The van der Waals surface area contributed by atoms with Gasteiger partial charge < -0.3 is 15.3 Å². The van der Waals surface area contributed by atoms with Crippen molar-refractivity contribution in [2.75, 3.05) is 0 Å². The molecular weight excluding hydrogens is 385 g/mol. The van der Waals surface area contributed by atoms with E-state index in [-0.39, 0.29) is 6.04 Å². The molecule has 0 aliphatic carbocycles. The molecule has 0 bridgehead atoms. The summed E-state index contributed by atoms with van der Waals surface area (Å²) in [6, 6.07) is 8.48. The van der Waals surface area contributed by atoms with Gasteiger partial charge in [0.15, 0.2) is 0 Å². The first-order chi connectivity index (χ1) is 9.91. The van der Waals surface area contributed by atoms with E-state index < -0.39 is 18.3 Å². The summed E-state index contributed by atoms with van der Waals surface area (Å²) in [7, 11) is 0. The topological polar surface area (TPSA) is 95.2 Å². The molecule has 5 heteroatoms. The van der Waals surface area contributed by atoms with E-state index in [9.17, 15) is 15.3 Å². The third kappa shape index (κ3) is 32.0. The van der Waals surface area contributed by atoms with Crippen LogP contribution in [0.1, 0.15) is 60.1 Å². The first kappa shape index (κ1) is 26.7. The van der Waals surface area contributed by atoms with Crippen LogP contribution in [0, 0.1) is 0 Å². The zero-order valence-corrected chi connectivity index (χ0v) is 17.8. The van der Waals surface area contributed by atoms with Crippen molar-refractivity contribution in [3.05, 3.63) is 29.8 Å². The van der Waals surface area contributed by atoms with Crippen molar-refractivity contribution < 1.29 is 15.3 Å². The van der Waals surface area contributed by atoms with Crippen LogP contribution in [0.4, 0.5) is 0 Å². The minimum atomic E-state index is -0.417. The van der Waals surface area contributed by atoms with Gasteiger partial charge in [-0.25, -0.2) is 0 Å². The molecule has 1 atom stereocenters. The summed E-state index contributed by atoms with van der Waals surface area (Å²) in [5.41, 5.74) is 7.01. The molecule has 0 aliphatic heterocycles. The molecule has 0 fully saturated rings. The first-order valence-corrected chi connectivity index (χ1v) is 8.87. The average Bonchev–Trinajstić information content (AvgIpc) is 2.26. The molecule has 22 heavy (non-hydrogen) atoms. The van der Waals surface area contributed by atoms with Crippen molar-refractivity contribution in [2.45, 2.75) is 72.8 Å². The maximum atomic E-state index is 9.53. The Labute approximate surface area is 149 Å². The summed E-state index contributed by atoms with van der Waals surface area (Å²) in [4.78, 5) is 0. The van der Waals surface area contributed by atoms with Gasteiger partial charge in [0.05, 0.1) is 0 Å². The van der Waals surface area contributed by atoms with Crippen LogP contribution in [-0.2, 0) is 0 Å². The van der Waals surface area contributed by atoms with Crippen LogP contribution in [0.3, 0.4) is 0 Å². The zero-order valence-electron chi connectivity index (χ0n) is 14.9. The molecule has 0 saturated heterocycles. The van der Waals surface area contributed by atoms with Gasteiger partial charge in [0.25, 0.3) is 0 Å². The summed E-state index contributed by atoms with van der Waals surface area (Å²) in [6.07, 6.45) is -1.25. The summed E-state index contributed by atoms with van der Waals surface area (Å²) in [6.45, 7) is 11.7. The van der Waals surface area contributed by atoms with E-state index in [0.29, 0.717) is 0 Å². The van der Waals surface area contributed by atoms with Gasteiger partial charge in [-0.2, -0.15) is 0 Å². The van der Waals surface area contributed by atoms with Crippen LogP contribution in [0.15, 0.2) is 24.3 Å². The third-order valence-corrected chi connectivity index (χ3v) is 2.75. The minimum absolute atomic E-state index is 0.176. The van der Waals surface area contributed by atoms with Gasteiger partial charge in [-0.15, -0.1) is 18.3 Å². The first-order valence-electron chi connectivity index (χ1n) is 7.45. The molecule has 126 valence electrons. The van der Waals surface area contributed by atoms with Crippen LogP contribution in [0.2, 0.25) is 0 Å². The Morgan fingerprint density at radius 3 is 1.23 bits per heavy atom. The Bertz CT molecular complexity index is 320. The second-order valence-electron chi connectivity index (χ2n) is 5.52. The Hall–Kier alpha value is -0.141. The molecule has 4 nitrogen and oxygen atoms in total. The molecular formula is C17H31NO3Sn. The molecule has 0 spiro atoms. The monoisotopic (exact) mass is 417 g/mol. The summed E-state index contributed by atoms with van der Waals surface area (Å²) < 4.78 is 1.37. The number of nitrogens with two attached hydrogens (primary N) is 1. The zero-order chi connectivity index (χ0) is 18.3. The Morgan fingerprint density at radius 2 is 1.05 bits per heavy atom. The molecule has 1 aromatic rings. The van der Waals surface area contributed by atoms with E-state index in [2.05, 4.69) is 18.2 Å². The number of hydrogen-bond acceptors (Lipinski definition) is 4. The second-order valence-corrected chi connectivity index (χ2v) is 7.06. The van der Waals surface area contributed by atoms with Gasteiger partial charge >= 0.3 is 74.6 Å². The summed E-state index contributed by atoms with van der Waals surface area (Å²) in [5, 5.41) is 28.6. The SMILES string of the molecule is CC(C)[O-].CC(C)[O-].CC(C)[O-].CC(N)c1cccc[c]1[Sn+3]. The molecule has 0 aliphatic rings.